The number of ether oxygens (including phenoxy) is 1. The first-order chi connectivity index (χ1) is 10.0. The first-order valence-electron chi connectivity index (χ1n) is 6.27. The maximum atomic E-state index is 12.2. The molecule has 0 spiro atoms. The lowest BCUT2D eigenvalue weighted by molar-refractivity contribution is 0.0940. The largest absolute Gasteiger partial charge is 0.497 e. The Kier molecular flexibility index (Phi) is 5.04. The molecule has 1 atom stereocenters. The van der Waals surface area contributed by atoms with Crippen molar-refractivity contribution < 1.29 is 9.53 Å². The van der Waals surface area contributed by atoms with Crippen molar-refractivity contribution in [3.05, 3.63) is 57.8 Å². The summed E-state index contributed by atoms with van der Waals surface area (Å²) in [6.07, 6.45) is 1.36. The van der Waals surface area contributed by atoms with E-state index in [1.165, 1.54) is 12.3 Å². The van der Waals surface area contributed by atoms with Crippen LogP contribution in [0.2, 0.25) is 10.2 Å². The van der Waals surface area contributed by atoms with Crippen LogP contribution in [0.3, 0.4) is 0 Å². The molecule has 1 amide bonds. The van der Waals surface area contributed by atoms with Crippen LogP contribution in [0.4, 0.5) is 0 Å². The van der Waals surface area contributed by atoms with Gasteiger partial charge in [-0.05, 0) is 30.7 Å². The number of halogens is 2. The number of amides is 1. The zero-order chi connectivity index (χ0) is 15.4. The van der Waals surface area contributed by atoms with Crippen LogP contribution in [-0.4, -0.2) is 18.0 Å². The molecule has 1 aromatic carbocycles. The van der Waals surface area contributed by atoms with Crippen molar-refractivity contribution in [1.82, 2.24) is 10.3 Å². The fourth-order valence-corrected chi connectivity index (χ4v) is 2.20. The highest BCUT2D eigenvalue weighted by Gasteiger charge is 2.15. The Labute approximate surface area is 133 Å². The highest BCUT2D eigenvalue weighted by molar-refractivity contribution is 6.35. The molecule has 0 saturated carbocycles. The van der Waals surface area contributed by atoms with Crippen molar-refractivity contribution in [3.63, 3.8) is 0 Å². The Morgan fingerprint density at radius 1 is 1.33 bits per heavy atom. The van der Waals surface area contributed by atoms with E-state index in [0.29, 0.717) is 5.56 Å². The Morgan fingerprint density at radius 3 is 2.81 bits per heavy atom. The maximum Gasteiger partial charge on any atom is 0.253 e. The third kappa shape index (κ3) is 3.86. The molecule has 0 fully saturated rings. The van der Waals surface area contributed by atoms with E-state index in [0.717, 1.165) is 11.3 Å². The van der Waals surface area contributed by atoms with Crippen LogP contribution in [-0.2, 0) is 0 Å². The standard InChI is InChI=1S/C15H14Cl2N2O2/c1-9(10-4-3-5-11(6-10)21-2)19-15(20)12-7-14(17)18-8-13(12)16/h3-9H,1-2H3,(H,19,20). The lowest BCUT2D eigenvalue weighted by atomic mass is 10.1. The quantitative estimate of drug-likeness (QED) is 0.868. The van der Waals surface area contributed by atoms with E-state index in [1.54, 1.807) is 7.11 Å². The topological polar surface area (TPSA) is 51.2 Å². The summed E-state index contributed by atoms with van der Waals surface area (Å²) in [7, 11) is 1.60. The van der Waals surface area contributed by atoms with Crippen molar-refractivity contribution in [2.45, 2.75) is 13.0 Å². The Bertz CT molecular complexity index is 662. The summed E-state index contributed by atoms with van der Waals surface area (Å²) in [5, 5.41) is 3.35. The minimum absolute atomic E-state index is 0.199. The average Bonchev–Trinajstić information content (AvgIpc) is 2.49. The number of carbonyl (C=O) groups excluding carboxylic acids is 1. The third-order valence-electron chi connectivity index (χ3n) is 3.01. The molecule has 0 saturated heterocycles. The summed E-state index contributed by atoms with van der Waals surface area (Å²) >= 11 is 11.8. The maximum absolute atomic E-state index is 12.2. The Balaban J connectivity index is 2.16. The van der Waals surface area contributed by atoms with Gasteiger partial charge in [-0.25, -0.2) is 4.98 Å². The van der Waals surface area contributed by atoms with Crippen molar-refractivity contribution in [2.24, 2.45) is 0 Å². The molecular weight excluding hydrogens is 311 g/mol. The molecule has 0 aliphatic rings. The second kappa shape index (κ2) is 6.78. The molecule has 0 aliphatic heterocycles. The molecule has 1 heterocycles. The Morgan fingerprint density at radius 2 is 2.10 bits per heavy atom. The predicted octanol–water partition coefficient (Wildman–Crippen LogP) is 3.89. The van der Waals surface area contributed by atoms with Crippen molar-refractivity contribution in [1.29, 1.82) is 0 Å². The molecular formula is C15H14Cl2N2O2. The monoisotopic (exact) mass is 324 g/mol. The highest BCUT2D eigenvalue weighted by Crippen LogP contribution is 2.21. The van der Waals surface area contributed by atoms with Gasteiger partial charge < -0.3 is 10.1 Å². The number of hydrogen-bond donors (Lipinski definition) is 1. The van der Waals surface area contributed by atoms with E-state index in [4.69, 9.17) is 27.9 Å². The fraction of sp³-hybridized carbons (Fsp3) is 0.200. The third-order valence-corrected chi connectivity index (χ3v) is 3.52. The van der Waals surface area contributed by atoms with Crippen LogP contribution < -0.4 is 10.1 Å². The molecule has 1 N–H and O–H groups in total. The highest BCUT2D eigenvalue weighted by atomic mass is 35.5. The number of rotatable bonds is 4. The van der Waals surface area contributed by atoms with Crippen molar-refractivity contribution in [3.8, 4) is 5.75 Å². The molecule has 0 bridgehead atoms. The van der Waals surface area contributed by atoms with Crippen molar-refractivity contribution in [2.75, 3.05) is 7.11 Å². The molecule has 2 rings (SSSR count). The predicted molar refractivity (Wildman–Crippen MR) is 83.1 cm³/mol. The van der Waals surface area contributed by atoms with Crippen LogP contribution in [0, 0.1) is 0 Å². The zero-order valence-electron chi connectivity index (χ0n) is 11.6. The SMILES string of the molecule is COc1cccc(C(C)NC(=O)c2cc(Cl)ncc2Cl)c1. The minimum atomic E-state index is -0.306. The van der Waals surface area contributed by atoms with Gasteiger partial charge in [0, 0.05) is 6.20 Å². The van der Waals surface area contributed by atoms with E-state index in [9.17, 15) is 4.79 Å². The second-order valence-corrected chi connectivity index (χ2v) is 5.25. The van der Waals surface area contributed by atoms with Gasteiger partial charge in [0.2, 0.25) is 0 Å². The summed E-state index contributed by atoms with van der Waals surface area (Å²) in [4.78, 5) is 16.1. The minimum Gasteiger partial charge on any atom is -0.497 e. The number of methoxy groups -OCH3 is 1. The molecule has 1 aromatic heterocycles. The lowest BCUT2D eigenvalue weighted by Crippen LogP contribution is -2.27. The molecule has 0 radical (unpaired) electrons. The van der Waals surface area contributed by atoms with Gasteiger partial charge in [-0.15, -0.1) is 0 Å². The Hall–Kier alpha value is -1.78. The normalized spacial score (nSPS) is 11.8. The van der Waals surface area contributed by atoms with Crippen LogP contribution in [0.15, 0.2) is 36.5 Å². The number of carbonyl (C=O) groups is 1. The van der Waals surface area contributed by atoms with E-state index < -0.39 is 0 Å². The van der Waals surface area contributed by atoms with E-state index in [-0.39, 0.29) is 22.1 Å². The first kappa shape index (κ1) is 15.6. The summed E-state index contributed by atoms with van der Waals surface area (Å²) in [5.74, 6) is 0.429. The van der Waals surface area contributed by atoms with Gasteiger partial charge in [0.05, 0.1) is 23.7 Å². The van der Waals surface area contributed by atoms with Gasteiger partial charge in [0.15, 0.2) is 0 Å². The van der Waals surface area contributed by atoms with Gasteiger partial charge in [-0.2, -0.15) is 0 Å². The molecule has 21 heavy (non-hydrogen) atoms. The van der Waals surface area contributed by atoms with Gasteiger partial charge in [0.25, 0.3) is 5.91 Å². The van der Waals surface area contributed by atoms with Gasteiger partial charge >= 0.3 is 0 Å². The van der Waals surface area contributed by atoms with Gasteiger partial charge in [-0.3, -0.25) is 4.79 Å². The second-order valence-electron chi connectivity index (χ2n) is 4.46. The summed E-state index contributed by atoms with van der Waals surface area (Å²) in [6, 6.07) is 8.73. The van der Waals surface area contributed by atoms with E-state index in [2.05, 4.69) is 10.3 Å². The number of nitrogens with zero attached hydrogens (tertiary/aromatic N) is 1. The summed E-state index contributed by atoms with van der Waals surface area (Å²) in [6.45, 7) is 1.88. The van der Waals surface area contributed by atoms with E-state index >= 15 is 0 Å². The number of benzene rings is 1. The molecule has 6 heteroatoms. The van der Waals surface area contributed by atoms with Crippen LogP contribution >= 0.6 is 23.2 Å². The average molecular weight is 325 g/mol. The van der Waals surface area contributed by atoms with E-state index in [1.807, 2.05) is 31.2 Å². The summed E-state index contributed by atoms with van der Waals surface area (Å²) < 4.78 is 5.17. The number of pyridine rings is 1. The smallest absolute Gasteiger partial charge is 0.253 e. The van der Waals surface area contributed by atoms with Crippen LogP contribution in [0.5, 0.6) is 5.75 Å². The lowest BCUT2D eigenvalue weighted by Gasteiger charge is -2.15. The number of nitrogens with one attached hydrogen (secondary N) is 1. The fourth-order valence-electron chi connectivity index (χ4n) is 1.86. The van der Waals surface area contributed by atoms with Crippen LogP contribution in [0.25, 0.3) is 0 Å². The first-order valence-corrected chi connectivity index (χ1v) is 7.02. The van der Waals surface area contributed by atoms with Gasteiger partial charge in [-0.1, -0.05) is 35.3 Å². The number of aromatic nitrogens is 1. The molecule has 4 nitrogen and oxygen atoms in total. The van der Waals surface area contributed by atoms with Crippen molar-refractivity contribution >= 4 is 29.1 Å². The molecule has 0 aliphatic carbocycles. The zero-order valence-corrected chi connectivity index (χ0v) is 13.1. The number of hydrogen-bond acceptors (Lipinski definition) is 3. The molecule has 2 aromatic rings. The molecule has 1 unspecified atom stereocenters. The van der Waals surface area contributed by atoms with Gasteiger partial charge in [0.1, 0.15) is 10.9 Å². The van der Waals surface area contributed by atoms with Crippen LogP contribution in [0.1, 0.15) is 28.9 Å². The summed E-state index contributed by atoms with van der Waals surface area (Å²) in [5.41, 5.74) is 1.23. The molecule has 110 valence electrons.